The molecule has 0 aliphatic carbocycles. The molecule has 0 saturated carbocycles. The van der Waals surface area contributed by atoms with Crippen molar-refractivity contribution < 1.29 is 9.90 Å². The highest BCUT2D eigenvalue weighted by Gasteiger charge is 2.35. The molecule has 2 rings (SSSR count). The van der Waals surface area contributed by atoms with Gasteiger partial charge in [0, 0.05) is 19.3 Å². The van der Waals surface area contributed by atoms with Crippen LogP contribution in [0.5, 0.6) is 0 Å². The Morgan fingerprint density at radius 1 is 1.50 bits per heavy atom. The lowest BCUT2D eigenvalue weighted by Crippen LogP contribution is -2.23. The van der Waals surface area contributed by atoms with Crippen molar-refractivity contribution in [3.63, 3.8) is 0 Å². The van der Waals surface area contributed by atoms with Crippen LogP contribution in [0.15, 0.2) is 18.3 Å². The summed E-state index contributed by atoms with van der Waals surface area (Å²) in [6.45, 7) is 5.30. The summed E-state index contributed by atoms with van der Waals surface area (Å²) in [4.78, 5) is 17.4. The van der Waals surface area contributed by atoms with Gasteiger partial charge < -0.3 is 10.0 Å². The van der Waals surface area contributed by atoms with Crippen molar-refractivity contribution >= 4 is 11.8 Å². The Morgan fingerprint density at radius 3 is 2.75 bits per heavy atom. The standard InChI is InChI=1S/C12H16N2O2/c1-8-3-4-11(13-5-8)14-6-9(2)10(7-14)12(15)16/h3-5,9-10H,6-7H2,1-2H3,(H,15,16). The van der Waals surface area contributed by atoms with Crippen LogP contribution < -0.4 is 4.90 Å². The first-order chi connectivity index (χ1) is 7.58. The molecule has 1 aromatic heterocycles. The average Bonchev–Trinajstić information content (AvgIpc) is 2.61. The fourth-order valence-corrected chi connectivity index (χ4v) is 2.12. The van der Waals surface area contributed by atoms with Gasteiger partial charge in [-0.15, -0.1) is 0 Å². The Balaban J connectivity index is 2.13. The number of rotatable bonds is 2. The number of carbonyl (C=O) groups is 1. The number of carboxylic acids is 1. The number of hydrogen-bond acceptors (Lipinski definition) is 3. The molecular weight excluding hydrogens is 204 g/mol. The van der Waals surface area contributed by atoms with E-state index in [1.54, 1.807) is 0 Å². The highest BCUT2D eigenvalue weighted by molar-refractivity contribution is 5.72. The van der Waals surface area contributed by atoms with Crippen LogP contribution in [0.2, 0.25) is 0 Å². The third kappa shape index (κ3) is 2.01. The minimum atomic E-state index is -0.706. The zero-order valence-corrected chi connectivity index (χ0v) is 9.55. The number of hydrogen-bond donors (Lipinski definition) is 1. The topological polar surface area (TPSA) is 53.4 Å². The lowest BCUT2D eigenvalue weighted by Gasteiger charge is -2.16. The smallest absolute Gasteiger partial charge is 0.308 e. The van der Waals surface area contributed by atoms with Gasteiger partial charge in [0.15, 0.2) is 0 Å². The summed E-state index contributed by atoms with van der Waals surface area (Å²) in [6.07, 6.45) is 1.81. The van der Waals surface area contributed by atoms with E-state index in [0.29, 0.717) is 6.54 Å². The van der Waals surface area contributed by atoms with E-state index in [1.807, 2.05) is 37.1 Å². The fraction of sp³-hybridized carbons (Fsp3) is 0.500. The van der Waals surface area contributed by atoms with Crippen LogP contribution in [0.4, 0.5) is 5.82 Å². The molecular formula is C12H16N2O2. The monoisotopic (exact) mass is 220 g/mol. The fourth-order valence-electron chi connectivity index (χ4n) is 2.12. The van der Waals surface area contributed by atoms with Crippen molar-refractivity contribution in [1.82, 2.24) is 4.98 Å². The van der Waals surface area contributed by atoms with Crippen LogP contribution in [-0.2, 0) is 4.79 Å². The van der Waals surface area contributed by atoms with Gasteiger partial charge >= 0.3 is 5.97 Å². The van der Waals surface area contributed by atoms with E-state index in [0.717, 1.165) is 17.9 Å². The van der Waals surface area contributed by atoms with E-state index in [4.69, 9.17) is 5.11 Å². The van der Waals surface area contributed by atoms with Gasteiger partial charge in [-0.2, -0.15) is 0 Å². The Bertz CT molecular complexity index is 389. The molecule has 4 nitrogen and oxygen atoms in total. The van der Waals surface area contributed by atoms with Gasteiger partial charge in [0.25, 0.3) is 0 Å². The summed E-state index contributed by atoms with van der Waals surface area (Å²) < 4.78 is 0. The SMILES string of the molecule is Cc1ccc(N2CC(C)C(C(=O)O)C2)nc1. The van der Waals surface area contributed by atoms with Crippen LogP contribution >= 0.6 is 0 Å². The van der Waals surface area contributed by atoms with Gasteiger partial charge in [-0.25, -0.2) is 4.98 Å². The summed E-state index contributed by atoms with van der Waals surface area (Å²) in [6, 6.07) is 3.95. The summed E-state index contributed by atoms with van der Waals surface area (Å²) in [5, 5.41) is 9.05. The molecule has 1 aromatic rings. The van der Waals surface area contributed by atoms with Gasteiger partial charge in [-0.1, -0.05) is 13.0 Å². The molecule has 16 heavy (non-hydrogen) atoms. The van der Waals surface area contributed by atoms with Crippen LogP contribution in [0, 0.1) is 18.8 Å². The number of aromatic nitrogens is 1. The van der Waals surface area contributed by atoms with Crippen molar-refractivity contribution in [2.45, 2.75) is 13.8 Å². The van der Waals surface area contributed by atoms with E-state index < -0.39 is 5.97 Å². The van der Waals surface area contributed by atoms with Crippen LogP contribution in [0.3, 0.4) is 0 Å². The lowest BCUT2D eigenvalue weighted by molar-refractivity contribution is -0.142. The third-order valence-electron chi connectivity index (χ3n) is 3.15. The van der Waals surface area contributed by atoms with Gasteiger partial charge in [-0.3, -0.25) is 4.79 Å². The molecule has 0 radical (unpaired) electrons. The van der Waals surface area contributed by atoms with Crippen molar-refractivity contribution in [2.75, 3.05) is 18.0 Å². The predicted molar refractivity (Wildman–Crippen MR) is 61.5 cm³/mol. The second kappa shape index (κ2) is 4.12. The van der Waals surface area contributed by atoms with E-state index >= 15 is 0 Å². The first kappa shape index (κ1) is 10.9. The molecule has 1 aliphatic heterocycles. The van der Waals surface area contributed by atoms with Crippen LogP contribution in [0.25, 0.3) is 0 Å². The Hall–Kier alpha value is -1.58. The summed E-state index contributed by atoms with van der Waals surface area (Å²) in [5.41, 5.74) is 1.12. The summed E-state index contributed by atoms with van der Waals surface area (Å²) >= 11 is 0. The maximum atomic E-state index is 11.0. The second-order valence-corrected chi connectivity index (χ2v) is 4.52. The quantitative estimate of drug-likeness (QED) is 0.821. The lowest BCUT2D eigenvalue weighted by atomic mass is 9.99. The molecule has 1 fully saturated rings. The van der Waals surface area contributed by atoms with Crippen LogP contribution in [0.1, 0.15) is 12.5 Å². The van der Waals surface area contributed by atoms with E-state index in [-0.39, 0.29) is 11.8 Å². The number of nitrogens with zero attached hydrogens (tertiary/aromatic N) is 2. The van der Waals surface area contributed by atoms with E-state index in [2.05, 4.69) is 4.98 Å². The van der Waals surface area contributed by atoms with Crippen LogP contribution in [-0.4, -0.2) is 29.1 Å². The van der Waals surface area contributed by atoms with Crippen molar-refractivity contribution in [1.29, 1.82) is 0 Å². The molecule has 86 valence electrons. The zero-order valence-electron chi connectivity index (χ0n) is 9.55. The molecule has 2 atom stereocenters. The number of aliphatic carboxylic acids is 1. The number of carboxylic acid groups (broad SMARTS) is 1. The molecule has 1 saturated heterocycles. The summed E-state index contributed by atoms with van der Waals surface area (Å²) in [7, 11) is 0. The van der Waals surface area contributed by atoms with Gasteiger partial charge in [0.1, 0.15) is 5.82 Å². The largest absolute Gasteiger partial charge is 0.481 e. The Kier molecular flexibility index (Phi) is 2.81. The van der Waals surface area contributed by atoms with Crippen molar-refractivity contribution in [2.24, 2.45) is 11.8 Å². The molecule has 2 heterocycles. The van der Waals surface area contributed by atoms with Gasteiger partial charge in [0.05, 0.1) is 5.92 Å². The number of pyridine rings is 1. The predicted octanol–water partition coefficient (Wildman–Crippen LogP) is 1.55. The molecule has 0 aromatic carbocycles. The molecule has 1 N–H and O–H groups in total. The molecule has 0 bridgehead atoms. The first-order valence-electron chi connectivity index (χ1n) is 5.48. The molecule has 1 aliphatic rings. The highest BCUT2D eigenvalue weighted by atomic mass is 16.4. The molecule has 4 heteroatoms. The molecule has 2 unspecified atom stereocenters. The summed E-state index contributed by atoms with van der Waals surface area (Å²) in [5.74, 6) is 0.0759. The average molecular weight is 220 g/mol. The maximum Gasteiger partial charge on any atom is 0.308 e. The number of aryl methyl sites for hydroxylation is 1. The first-order valence-corrected chi connectivity index (χ1v) is 5.48. The van der Waals surface area contributed by atoms with E-state index in [1.165, 1.54) is 0 Å². The Labute approximate surface area is 94.9 Å². The third-order valence-corrected chi connectivity index (χ3v) is 3.15. The Morgan fingerprint density at radius 2 is 2.25 bits per heavy atom. The van der Waals surface area contributed by atoms with E-state index in [9.17, 15) is 4.79 Å². The number of anilines is 1. The minimum absolute atomic E-state index is 0.181. The minimum Gasteiger partial charge on any atom is -0.481 e. The molecule has 0 spiro atoms. The maximum absolute atomic E-state index is 11.0. The second-order valence-electron chi connectivity index (χ2n) is 4.52. The highest BCUT2D eigenvalue weighted by Crippen LogP contribution is 2.26. The normalized spacial score (nSPS) is 24.8. The van der Waals surface area contributed by atoms with Gasteiger partial charge in [0.2, 0.25) is 0 Å². The van der Waals surface area contributed by atoms with Gasteiger partial charge in [-0.05, 0) is 24.5 Å². The zero-order chi connectivity index (χ0) is 11.7. The van der Waals surface area contributed by atoms with Crippen molar-refractivity contribution in [3.05, 3.63) is 23.9 Å². The van der Waals surface area contributed by atoms with Crippen molar-refractivity contribution in [3.8, 4) is 0 Å². The molecule has 0 amide bonds.